The Morgan fingerprint density at radius 2 is 2.18 bits per heavy atom. The summed E-state index contributed by atoms with van der Waals surface area (Å²) in [5, 5.41) is 2.88. The molecule has 1 aromatic heterocycles. The van der Waals surface area contributed by atoms with Crippen LogP contribution in [0.2, 0.25) is 0 Å². The Labute approximate surface area is 103 Å². The number of carbonyl (C=O) groups excluding carboxylic acids is 1. The van der Waals surface area contributed by atoms with Crippen LogP contribution in [0.4, 0.5) is 5.82 Å². The number of hydrogen-bond acceptors (Lipinski definition) is 2. The van der Waals surface area contributed by atoms with E-state index in [1.54, 1.807) is 6.20 Å². The van der Waals surface area contributed by atoms with E-state index in [1.165, 1.54) is 32.1 Å². The number of nitrogens with zero attached hydrogens (tertiary/aromatic N) is 1. The van der Waals surface area contributed by atoms with E-state index in [0.29, 0.717) is 18.2 Å². The van der Waals surface area contributed by atoms with Gasteiger partial charge < -0.3 is 5.32 Å². The molecule has 3 nitrogen and oxygen atoms in total. The van der Waals surface area contributed by atoms with Gasteiger partial charge in [-0.05, 0) is 43.4 Å². The Hall–Kier alpha value is -1.38. The standard InChI is InChI=1S/C14H20N2O/c1-11-7-8-15-13(9-11)16-14(17)10-12-5-3-2-4-6-12/h7-9,12H,2-6,10H2,1H3,(H,15,16,17). The van der Waals surface area contributed by atoms with Crippen LogP contribution in [-0.4, -0.2) is 10.9 Å². The lowest BCUT2D eigenvalue weighted by Gasteiger charge is -2.20. The average molecular weight is 232 g/mol. The fraction of sp³-hybridized carbons (Fsp3) is 0.571. The van der Waals surface area contributed by atoms with Crippen molar-refractivity contribution in [2.24, 2.45) is 5.92 Å². The zero-order valence-electron chi connectivity index (χ0n) is 10.4. The summed E-state index contributed by atoms with van der Waals surface area (Å²) in [6.07, 6.45) is 8.67. The lowest BCUT2D eigenvalue weighted by Crippen LogP contribution is -2.18. The molecule has 1 saturated carbocycles. The van der Waals surface area contributed by atoms with Gasteiger partial charge in [0.05, 0.1) is 0 Å². The van der Waals surface area contributed by atoms with Gasteiger partial charge in [0.1, 0.15) is 5.82 Å². The number of anilines is 1. The highest BCUT2D eigenvalue weighted by atomic mass is 16.1. The van der Waals surface area contributed by atoms with Gasteiger partial charge in [-0.2, -0.15) is 0 Å². The number of rotatable bonds is 3. The zero-order valence-corrected chi connectivity index (χ0v) is 10.4. The Morgan fingerprint density at radius 1 is 1.41 bits per heavy atom. The first kappa shape index (κ1) is 12.1. The number of aromatic nitrogens is 1. The summed E-state index contributed by atoms with van der Waals surface area (Å²) in [5.41, 5.74) is 1.12. The molecule has 0 aliphatic heterocycles. The fourth-order valence-electron chi connectivity index (χ4n) is 2.45. The van der Waals surface area contributed by atoms with Crippen LogP contribution < -0.4 is 5.32 Å². The fourth-order valence-corrected chi connectivity index (χ4v) is 2.45. The monoisotopic (exact) mass is 232 g/mol. The quantitative estimate of drug-likeness (QED) is 0.868. The molecule has 1 N–H and O–H groups in total. The van der Waals surface area contributed by atoms with Gasteiger partial charge in [0.2, 0.25) is 5.91 Å². The molecule has 1 fully saturated rings. The van der Waals surface area contributed by atoms with Gasteiger partial charge in [-0.1, -0.05) is 19.3 Å². The summed E-state index contributed by atoms with van der Waals surface area (Å²) in [5.74, 6) is 1.36. The molecule has 0 atom stereocenters. The van der Waals surface area contributed by atoms with Crippen molar-refractivity contribution in [1.82, 2.24) is 4.98 Å². The van der Waals surface area contributed by atoms with Crippen LogP contribution in [0.25, 0.3) is 0 Å². The summed E-state index contributed by atoms with van der Waals surface area (Å²) < 4.78 is 0. The van der Waals surface area contributed by atoms with Gasteiger partial charge in [-0.15, -0.1) is 0 Å². The van der Waals surface area contributed by atoms with Crippen molar-refractivity contribution in [2.45, 2.75) is 45.4 Å². The molecule has 0 aromatic carbocycles. The summed E-state index contributed by atoms with van der Waals surface area (Å²) in [6.45, 7) is 2.00. The molecular formula is C14H20N2O. The van der Waals surface area contributed by atoms with E-state index in [9.17, 15) is 4.79 Å². The van der Waals surface area contributed by atoms with Gasteiger partial charge in [-0.25, -0.2) is 4.98 Å². The molecule has 1 heterocycles. The van der Waals surface area contributed by atoms with Gasteiger partial charge in [0.15, 0.2) is 0 Å². The van der Waals surface area contributed by atoms with Crippen molar-refractivity contribution in [3.05, 3.63) is 23.9 Å². The van der Waals surface area contributed by atoms with Crippen LogP contribution in [0.5, 0.6) is 0 Å². The first-order valence-corrected chi connectivity index (χ1v) is 6.46. The van der Waals surface area contributed by atoms with Gasteiger partial charge in [0.25, 0.3) is 0 Å². The first-order chi connectivity index (χ1) is 8.24. The lowest BCUT2D eigenvalue weighted by molar-refractivity contribution is -0.117. The smallest absolute Gasteiger partial charge is 0.225 e. The third-order valence-electron chi connectivity index (χ3n) is 3.38. The SMILES string of the molecule is Cc1ccnc(NC(=O)CC2CCCCC2)c1. The number of carbonyl (C=O) groups is 1. The minimum absolute atomic E-state index is 0.106. The Morgan fingerprint density at radius 3 is 2.88 bits per heavy atom. The zero-order chi connectivity index (χ0) is 12.1. The normalized spacial score (nSPS) is 16.8. The maximum Gasteiger partial charge on any atom is 0.225 e. The average Bonchev–Trinajstić information content (AvgIpc) is 2.30. The predicted octanol–water partition coefficient (Wildman–Crippen LogP) is 3.30. The van der Waals surface area contributed by atoms with E-state index in [-0.39, 0.29) is 5.91 Å². The molecule has 17 heavy (non-hydrogen) atoms. The van der Waals surface area contributed by atoms with E-state index >= 15 is 0 Å². The highest BCUT2D eigenvalue weighted by Crippen LogP contribution is 2.26. The molecule has 0 spiro atoms. The number of hydrogen-bond donors (Lipinski definition) is 1. The van der Waals surface area contributed by atoms with E-state index in [2.05, 4.69) is 10.3 Å². The first-order valence-electron chi connectivity index (χ1n) is 6.46. The summed E-state index contributed by atoms with van der Waals surface area (Å²) >= 11 is 0. The number of aryl methyl sites for hydroxylation is 1. The molecule has 92 valence electrons. The molecule has 3 heteroatoms. The Balaban J connectivity index is 1.84. The third-order valence-corrected chi connectivity index (χ3v) is 3.38. The van der Waals surface area contributed by atoms with E-state index in [4.69, 9.17) is 0 Å². The summed E-state index contributed by atoms with van der Waals surface area (Å²) in [6, 6.07) is 3.83. The number of pyridine rings is 1. The van der Waals surface area contributed by atoms with Crippen LogP contribution >= 0.6 is 0 Å². The minimum atomic E-state index is 0.106. The van der Waals surface area contributed by atoms with E-state index < -0.39 is 0 Å². The van der Waals surface area contributed by atoms with Crippen LogP contribution in [0.3, 0.4) is 0 Å². The van der Waals surface area contributed by atoms with Crippen molar-refractivity contribution in [2.75, 3.05) is 5.32 Å². The Kier molecular flexibility index (Phi) is 4.13. The van der Waals surface area contributed by atoms with Crippen LogP contribution in [-0.2, 0) is 4.79 Å². The summed E-state index contributed by atoms with van der Waals surface area (Å²) in [7, 11) is 0. The van der Waals surface area contributed by atoms with Crippen molar-refractivity contribution < 1.29 is 4.79 Å². The highest BCUT2D eigenvalue weighted by Gasteiger charge is 2.17. The molecule has 0 saturated heterocycles. The molecule has 1 aromatic rings. The van der Waals surface area contributed by atoms with Crippen LogP contribution in [0.15, 0.2) is 18.3 Å². The van der Waals surface area contributed by atoms with Crippen molar-refractivity contribution in [3.63, 3.8) is 0 Å². The molecule has 0 radical (unpaired) electrons. The Bertz CT molecular complexity index is 384. The molecule has 0 unspecified atom stereocenters. The molecule has 1 aliphatic carbocycles. The predicted molar refractivity (Wildman–Crippen MR) is 68.8 cm³/mol. The van der Waals surface area contributed by atoms with E-state index in [0.717, 1.165) is 5.56 Å². The van der Waals surface area contributed by atoms with Crippen molar-refractivity contribution >= 4 is 11.7 Å². The second-order valence-electron chi connectivity index (χ2n) is 4.97. The topological polar surface area (TPSA) is 42.0 Å². The van der Waals surface area contributed by atoms with Crippen LogP contribution in [0.1, 0.15) is 44.1 Å². The van der Waals surface area contributed by atoms with Gasteiger partial charge in [0, 0.05) is 12.6 Å². The van der Waals surface area contributed by atoms with E-state index in [1.807, 2.05) is 19.1 Å². The number of amides is 1. The summed E-state index contributed by atoms with van der Waals surface area (Å²) in [4.78, 5) is 16.0. The maximum atomic E-state index is 11.8. The molecule has 2 rings (SSSR count). The van der Waals surface area contributed by atoms with Gasteiger partial charge >= 0.3 is 0 Å². The largest absolute Gasteiger partial charge is 0.311 e. The van der Waals surface area contributed by atoms with Gasteiger partial charge in [-0.3, -0.25) is 4.79 Å². The second-order valence-corrected chi connectivity index (χ2v) is 4.97. The highest BCUT2D eigenvalue weighted by molar-refractivity contribution is 5.89. The molecule has 0 bridgehead atoms. The van der Waals surface area contributed by atoms with Crippen LogP contribution in [0, 0.1) is 12.8 Å². The molecule has 1 amide bonds. The maximum absolute atomic E-state index is 11.8. The molecule has 1 aliphatic rings. The third kappa shape index (κ3) is 3.84. The van der Waals surface area contributed by atoms with Crippen molar-refractivity contribution in [1.29, 1.82) is 0 Å². The lowest BCUT2D eigenvalue weighted by atomic mass is 9.87. The molecular weight excluding hydrogens is 212 g/mol. The number of nitrogens with one attached hydrogen (secondary N) is 1. The minimum Gasteiger partial charge on any atom is -0.311 e. The second kappa shape index (κ2) is 5.80. The van der Waals surface area contributed by atoms with Crippen molar-refractivity contribution in [3.8, 4) is 0 Å².